The highest BCUT2D eigenvalue weighted by atomic mass is 16.5. The first-order chi connectivity index (χ1) is 11.5. The van der Waals surface area contributed by atoms with Crippen molar-refractivity contribution in [2.45, 2.75) is 20.0 Å². The van der Waals surface area contributed by atoms with Gasteiger partial charge in [-0.05, 0) is 50.2 Å². The second-order valence-electron chi connectivity index (χ2n) is 5.63. The summed E-state index contributed by atoms with van der Waals surface area (Å²) in [7, 11) is 0. The van der Waals surface area contributed by atoms with Crippen LogP contribution < -0.4 is 5.32 Å². The van der Waals surface area contributed by atoms with Crippen LogP contribution in [-0.2, 0) is 4.74 Å². The van der Waals surface area contributed by atoms with Crippen molar-refractivity contribution in [1.29, 1.82) is 0 Å². The Morgan fingerprint density at radius 1 is 1.04 bits per heavy atom. The van der Waals surface area contributed by atoms with Crippen LogP contribution in [0.1, 0.15) is 34.8 Å². The number of carbonyl (C=O) groups is 2. The summed E-state index contributed by atoms with van der Waals surface area (Å²) in [6.07, 6.45) is -0.176. The van der Waals surface area contributed by atoms with Crippen LogP contribution in [0.15, 0.2) is 59.0 Å². The lowest BCUT2D eigenvalue weighted by atomic mass is 10.2. The van der Waals surface area contributed by atoms with Crippen LogP contribution in [0.25, 0.3) is 11.0 Å². The second kappa shape index (κ2) is 6.58. The van der Waals surface area contributed by atoms with Gasteiger partial charge in [0.15, 0.2) is 5.76 Å². The molecule has 0 atom stereocenters. The first-order valence-electron chi connectivity index (χ1n) is 7.64. The van der Waals surface area contributed by atoms with Crippen molar-refractivity contribution >= 4 is 28.5 Å². The minimum Gasteiger partial charge on any atom is -0.459 e. The van der Waals surface area contributed by atoms with Crippen LogP contribution >= 0.6 is 0 Å². The van der Waals surface area contributed by atoms with E-state index in [0.29, 0.717) is 16.8 Å². The van der Waals surface area contributed by atoms with E-state index in [0.717, 1.165) is 5.39 Å². The van der Waals surface area contributed by atoms with E-state index in [1.807, 2.05) is 18.2 Å². The summed E-state index contributed by atoms with van der Waals surface area (Å²) in [5, 5.41) is 3.61. The second-order valence-corrected chi connectivity index (χ2v) is 5.63. The number of furan rings is 1. The minimum absolute atomic E-state index is 0.176. The van der Waals surface area contributed by atoms with Crippen LogP contribution in [0.5, 0.6) is 0 Å². The fourth-order valence-electron chi connectivity index (χ4n) is 2.26. The van der Waals surface area contributed by atoms with Crippen molar-refractivity contribution in [3.8, 4) is 0 Å². The molecule has 1 N–H and O–H groups in total. The molecule has 24 heavy (non-hydrogen) atoms. The summed E-state index contributed by atoms with van der Waals surface area (Å²) in [4.78, 5) is 24.0. The van der Waals surface area contributed by atoms with E-state index >= 15 is 0 Å². The number of fused-ring (bicyclic) bond motifs is 1. The lowest BCUT2D eigenvalue weighted by molar-refractivity contribution is 0.0378. The van der Waals surface area contributed by atoms with Crippen molar-refractivity contribution in [1.82, 2.24) is 0 Å². The van der Waals surface area contributed by atoms with Crippen molar-refractivity contribution in [3.63, 3.8) is 0 Å². The molecule has 122 valence electrons. The van der Waals surface area contributed by atoms with Crippen LogP contribution in [0, 0.1) is 0 Å². The number of hydrogen-bond acceptors (Lipinski definition) is 4. The quantitative estimate of drug-likeness (QED) is 0.729. The monoisotopic (exact) mass is 323 g/mol. The number of esters is 1. The smallest absolute Gasteiger partial charge is 0.338 e. The molecule has 0 unspecified atom stereocenters. The molecule has 0 saturated carbocycles. The highest BCUT2D eigenvalue weighted by molar-refractivity contribution is 6.04. The highest BCUT2D eigenvalue weighted by Crippen LogP contribution is 2.20. The molecule has 5 nitrogen and oxygen atoms in total. The SMILES string of the molecule is CC(C)OC(=O)c1ccc(NC(=O)c2cc3ccccc3o2)cc1. The van der Waals surface area contributed by atoms with Gasteiger partial charge in [-0.1, -0.05) is 18.2 Å². The Bertz CT molecular complexity index is 845. The third kappa shape index (κ3) is 3.46. The number of rotatable bonds is 4. The molecule has 0 spiro atoms. The summed E-state index contributed by atoms with van der Waals surface area (Å²) in [6.45, 7) is 3.58. The van der Waals surface area contributed by atoms with Crippen LogP contribution in [0.2, 0.25) is 0 Å². The molecule has 3 rings (SSSR count). The van der Waals surface area contributed by atoms with Gasteiger partial charge < -0.3 is 14.5 Å². The molecule has 0 fully saturated rings. The van der Waals surface area contributed by atoms with Gasteiger partial charge >= 0.3 is 5.97 Å². The highest BCUT2D eigenvalue weighted by Gasteiger charge is 2.13. The number of ether oxygens (including phenoxy) is 1. The molecule has 0 radical (unpaired) electrons. The molecule has 0 saturated heterocycles. The van der Waals surface area contributed by atoms with Gasteiger partial charge in [-0.15, -0.1) is 0 Å². The summed E-state index contributed by atoms with van der Waals surface area (Å²) in [5.41, 5.74) is 1.67. The van der Waals surface area contributed by atoms with Crippen LogP contribution in [0.4, 0.5) is 5.69 Å². The number of hydrogen-bond donors (Lipinski definition) is 1. The molecule has 0 aliphatic rings. The maximum atomic E-state index is 12.3. The maximum Gasteiger partial charge on any atom is 0.338 e. The molecule has 3 aromatic rings. The number of amides is 1. The maximum absolute atomic E-state index is 12.3. The summed E-state index contributed by atoms with van der Waals surface area (Å²) in [6, 6.07) is 15.6. The van der Waals surface area contributed by atoms with Gasteiger partial charge in [0.2, 0.25) is 0 Å². The average Bonchev–Trinajstić information content (AvgIpc) is 2.99. The fraction of sp³-hybridized carbons (Fsp3) is 0.158. The first-order valence-corrected chi connectivity index (χ1v) is 7.64. The predicted molar refractivity (Wildman–Crippen MR) is 91.2 cm³/mol. The molecular formula is C19H17NO4. The van der Waals surface area contributed by atoms with Gasteiger partial charge in [-0.3, -0.25) is 4.79 Å². The van der Waals surface area contributed by atoms with E-state index in [9.17, 15) is 9.59 Å². The van der Waals surface area contributed by atoms with Gasteiger partial charge in [-0.25, -0.2) is 4.79 Å². The molecule has 2 aromatic carbocycles. The number of benzene rings is 2. The van der Waals surface area contributed by atoms with Crippen molar-refractivity contribution in [3.05, 3.63) is 65.9 Å². The predicted octanol–water partition coefficient (Wildman–Crippen LogP) is 4.25. The zero-order chi connectivity index (χ0) is 17.1. The lowest BCUT2D eigenvalue weighted by Gasteiger charge is -2.08. The topological polar surface area (TPSA) is 68.5 Å². The van der Waals surface area contributed by atoms with E-state index in [4.69, 9.17) is 9.15 Å². The van der Waals surface area contributed by atoms with E-state index in [-0.39, 0.29) is 23.7 Å². The summed E-state index contributed by atoms with van der Waals surface area (Å²) < 4.78 is 10.6. The zero-order valence-electron chi connectivity index (χ0n) is 13.4. The molecule has 0 aliphatic carbocycles. The van der Waals surface area contributed by atoms with Crippen LogP contribution in [-0.4, -0.2) is 18.0 Å². The Balaban J connectivity index is 1.71. The standard InChI is InChI=1S/C19H17NO4/c1-12(2)23-19(22)13-7-9-15(10-8-13)20-18(21)17-11-14-5-3-4-6-16(14)24-17/h3-12H,1-2H3,(H,20,21). The lowest BCUT2D eigenvalue weighted by Crippen LogP contribution is -2.13. The zero-order valence-corrected chi connectivity index (χ0v) is 13.4. The van der Waals surface area contributed by atoms with Gasteiger partial charge in [0.25, 0.3) is 5.91 Å². The molecule has 5 heteroatoms. The normalized spacial score (nSPS) is 10.8. The first kappa shape index (κ1) is 15.8. The average molecular weight is 323 g/mol. The third-order valence-electron chi connectivity index (χ3n) is 3.37. The number of anilines is 1. The summed E-state index contributed by atoms with van der Waals surface area (Å²) >= 11 is 0. The van der Waals surface area contributed by atoms with Crippen molar-refractivity contribution in [2.24, 2.45) is 0 Å². The Morgan fingerprint density at radius 2 is 1.75 bits per heavy atom. The number of nitrogens with one attached hydrogen (secondary N) is 1. The van der Waals surface area contributed by atoms with E-state index < -0.39 is 0 Å². The van der Waals surface area contributed by atoms with E-state index in [1.54, 1.807) is 50.2 Å². The van der Waals surface area contributed by atoms with Gasteiger partial charge in [0.05, 0.1) is 11.7 Å². The molecule has 1 aromatic heterocycles. The molecule has 1 amide bonds. The van der Waals surface area contributed by atoms with E-state index in [2.05, 4.69) is 5.32 Å². The number of carbonyl (C=O) groups excluding carboxylic acids is 2. The fourth-order valence-corrected chi connectivity index (χ4v) is 2.26. The Hall–Kier alpha value is -3.08. The van der Waals surface area contributed by atoms with Gasteiger partial charge in [0.1, 0.15) is 5.58 Å². The van der Waals surface area contributed by atoms with Gasteiger partial charge in [-0.2, -0.15) is 0 Å². The molecule has 0 bridgehead atoms. The minimum atomic E-state index is -0.389. The summed E-state index contributed by atoms with van der Waals surface area (Å²) in [5.74, 6) is -0.497. The Kier molecular flexibility index (Phi) is 4.33. The Labute approximate surface area is 139 Å². The molecular weight excluding hydrogens is 306 g/mol. The largest absolute Gasteiger partial charge is 0.459 e. The molecule has 1 heterocycles. The van der Waals surface area contributed by atoms with E-state index in [1.165, 1.54) is 0 Å². The molecule has 0 aliphatic heterocycles. The van der Waals surface area contributed by atoms with Crippen molar-refractivity contribution in [2.75, 3.05) is 5.32 Å². The van der Waals surface area contributed by atoms with Crippen LogP contribution in [0.3, 0.4) is 0 Å². The van der Waals surface area contributed by atoms with Crippen molar-refractivity contribution < 1.29 is 18.7 Å². The Morgan fingerprint density at radius 3 is 2.42 bits per heavy atom. The number of para-hydroxylation sites is 1. The van der Waals surface area contributed by atoms with Gasteiger partial charge in [0, 0.05) is 11.1 Å². The third-order valence-corrected chi connectivity index (χ3v) is 3.37.